The predicted octanol–water partition coefficient (Wildman–Crippen LogP) is 6.58. The lowest BCUT2D eigenvalue weighted by molar-refractivity contribution is 0.275. The van der Waals surface area contributed by atoms with E-state index in [1.165, 1.54) is 108 Å². The third kappa shape index (κ3) is 37.6. The molecule has 0 heterocycles. The van der Waals surface area contributed by atoms with Crippen LogP contribution in [0.2, 0.25) is 0 Å². The van der Waals surface area contributed by atoms with Gasteiger partial charge < -0.3 is 24.5 Å². The minimum absolute atomic E-state index is 0.111. The Bertz CT molecular complexity index is 420. The van der Waals surface area contributed by atoms with Crippen molar-refractivity contribution in [3.63, 3.8) is 0 Å². The Hall–Kier alpha value is -0.0400. The Labute approximate surface area is 195 Å². The number of aliphatic hydroxyl groups is 1. The van der Waals surface area contributed by atoms with Gasteiger partial charge in [-0.2, -0.15) is 11.8 Å². The molecule has 0 aliphatic heterocycles. The second-order valence-electron chi connectivity index (χ2n) is 8.04. The highest BCUT2D eigenvalue weighted by atomic mass is 32.2. The highest BCUT2D eigenvalue weighted by Gasteiger charge is 2.00. The molecule has 0 spiro atoms. The summed E-state index contributed by atoms with van der Waals surface area (Å²) in [6.45, 7) is 2.40. The number of phosphoric acid groups is 1. The maximum Gasteiger partial charge on any atom is 0.466 e. The molecule has 0 radical (unpaired) electrons. The van der Waals surface area contributed by atoms with Crippen molar-refractivity contribution < 1.29 is 29.1 Å². The van der Waals surface area contributed by atoms with Crippen LogP contribution in [-0.4, -0.2) is 45.0 Å². The molecule has 4 N–H and O–H groups in total. The highest BCUT2D eigenvalue weighted by molar-refractivity contribution is 7.99. The van der Waals surface area contributed by atoms with E-state index in [0.29, 0.717) is 0 Å². The average Bonchev–Trinajstić information content (AvgIpc) is 2.70. The van der Waals surface area contributed by atoms with Gasteiger partial charge in [-0.1, -0.05) is 103 Å². The second kappa shape index (κ2) is 26.2. The lowest BCUT2D eigenvalue weighted by atomic mass is 10.0. The first-order chi connectivity index (χ1) is 14.8. The Balaban J connectivity index is 0. The first-order valence-electron chi connectivity index (χ1n) is 12.0. The van der Waals surface area contributed by atoms with Crippen LogP contribution in [0.15, 0.2) is 11.8 Å². The minimum atomic E-state index is -4.64. The molecule has 188 valence electrons. The molecule has 0 aromatic rings. The molecule has 0 aliphatic carbocycles. The van der Waals surface area contributed by atoms with Crippen LogP contribution in [0.5, 0.6) is 0 Å². The molecule has 0 amide bonds. The first-order valence-corrected chi connectivity index (χ1v) is 14.7. The largest absolute Gasteiger partial charge is 0.504 e. The second-order valence-corrected chi connectivity index (χ2v) is 10.2. The number of hydrogen-bond acceptors (Lipinski definition) is 4. The molecule has 0 aromatic heterocycles. The monoisotopic (exact) mass is 484 g/mol. The predicted molar refractivity (Wildman–Crippen MR) is 133 cm³/mol. The van der Waals surface area contributed by atoms with Crippen LogP contribution in [-0.2, 0) is 9.30 Å². The number of ether oxygens (including phenoxy) is 1. The minimum Gasteiger partial charge on any atom is -0.504 e. The van der Waals surface area contributed by atoms with Crippen molar-refractivity contribution in [1.29, 1.82) is 0 Å². The molecule has 0 rings (SSSR count). The van der Waals surface area contributed by atoms with Gasteiger partial charge in [0.05, 0.1) is 20.0 Å². The summed E-state index contributed by atoms with van der Waals surface area (Å²) in [7, 11) is -3.00. The van der Waals surface area contributed by atoms with E-state index in [1.54, 1.807) is 13.4 Å². The van der Waals surface area contributed by atoms with E-state index in [9.17, 15) is 0 Å². The van der Waals surface area contributed by atoms with Crippen LogP contribution in [0.25, 0.3) is 0 Å². The van der Waals surface area contributed by atoms with Gasteiger partial charge in [-0.25, -0.2) is 4.57 Å². The number of aliphatic hydroxyl groups excluding tert-OH is 1. The molecule has 0 atom stereocenters. The van der Waals surface area contributed by atoms with Crippen molar-refractivity contribution in [2.45, 2.75) is 110 Å². The van der Waals surface area contributed by atoms with Crippen molar-refractivity contribution in [2.24, 2.45) is 0 Å². The van der Waals surface area contributed by atoms with Crippen LogP contribution < -0.4 is 0 Å². The van der Waals surface area contributed by atoms with Crippen molar-refractivity contribution in [1.82, 2.24) is 0 Å². The molecule has 0 unspecified atom stereocenters. The molecular weight excluding hydrogens is 435 g/mol. The lowest BCUT2D eigenvalue weighted by Gasteiger charge is -2.05. The molecule has 0 aromatic carbocycles. The molecule has 8 heteroatoms. The van der Waals surface area contributed by atoms with Crippen LogP contribution in [0, 0.1) is 0 Å². The summed E-state index contributed by atoms with van der Waals surface area (Å²) >= 11 is 1.90. The van der Waals surface area contributed by atoms with Gasteiger partial charge in [0.1, 0.15) is 0 Å². The van der Waals surface area contributed by atoms with Crippen LogP contribution in [0.3, 0.4) is 0 Å². The van der Waals surface area contributed by atoms with Gasteiger partial charge >= 0.3 is 7.82 Å². The maximum atomic E-state index is 9.14. The zero-order valence-corrected chi connectivity index (χ0v) is 21.7. The summed E-state index contributed by atoms with van der Waals surface area (Å²) in [5.74, 6) is 2.09. The van der Waals surface area contributed by atoms with Gasteiger partial charge in [0.25, 0.3) is 0 Å². The number of methoxy groups -OCH3 is 1. The van der Waals surface area contributed by atoms with Gasteiger partial charge in [0.15, 0.2) is 0 Å². The Kier molecular flexibility index (Phi) is 28.0. The molecule has 31 heavy (non-hydrogen) atoms. The van der Waals surface area contributed by atoms with E-state index in [4.69, 9.17) is 29.1 Å². The van der Waals surface area contributed by atoms with Gasteiger partial charge in [0, 0.05) is 5.75 Å². The van der Waals surface area contributed by atoms with Gasteiger partial charge in [-0.15, -0.1) is 0 Å². The number of hydrogen-bond donors (Lipinski definition) is 4. The summed E-state index contributed by atoms with van der Waals surface area (Å²) in [6.07, 6.45) is 24.4. The number of rotatable bonds is 21. The van der Waals surface area contributed by atoms with Crippen molar-refractivity contribution in [3.05, 3.63) is 11.8 Å². The normalized spacial score (nSPS) is 11.9. The van der Waals surface area contributed by atoms with Crippen molar-refractivity contribution >= 4 is 19.6 Å². The van der Waals surface area contributed by atoms with Gasteiger partial charge in [-0.3, -0.25) is 0 Å². The topological polar surface area (TPSA) is 107 Å². The zero-order valence-electron chi connectivity index (χ0n) is 20.0. The summed E-state index contributed by atoms with van der Waals surface area (Å²) < 4.78 is 13.8. The Morgan fingerprint density at radius 3 is 1.45 bits per heavy atom. The van der Waals surface area contributed by atoms with E-state index in [2.05, 4.69) is 6.92 Å². The molecule has 0 aliphatic rings. The standard InChI is InChI=1S/C23H46O2S.H3O4P/c1-3-4-5-6-7-8-9-10-11-12-13-14-15-16-17-18-19-26-22-23(20-24)21-25-2;1-5(2,3)4/h21,24H,3-20,22H2,1-2H3;(H3,1,2,3,4)/b23-21-;. The first kappa shape index (κ1) is 33.1. The van der Waals surface area contributed by atoms with E-state index in [-0.39, 0.29) is 6.61 Å². The van der Waals surface area contributed by atoms with E-state index in [0.717, 1.165) is 11.3 Å². The molecule has 0 fully saturated rings. The van der Waals surface area contributed by atoms with E-state index in [1.807, 2.05) is 11.8 Å². The average molecular weight is 485 g/mol. The molecule has 6 nitrogen and oxygen atoms in total. The Morgan fingerprint density at radius 2 is 1.13 bits per heavy atom. The third-order valence-corrected chi connectivity index (χ3v) is 6.07. The Morgan fingerprint density at radius 1 is 0.774 bits per heavy atom. The van der Waals surface area contributed by atoms with Crippen molar-refractivity contribution in [2.75, 3.05) is 25.2 Å². The third-order valence-electron chi connectivity index (χ3n) is 4.92. The van der Waals surface area contributed by atoms with Gasteiger partial charge in [-0.05, 0) is 17.7 Å². The number of unbranched alkanes of at least 4 members (excludes halogenated alkanes) is 15. The summed E-state index contributed by atoms with van der Waals surface area (Å²) in [5.41, 5.74) is 0.981. The smallest absolute Gasteiger partial charge is 0.466 e. The van der Waals surface area contributed by atoms with Crippen LogP contribution in [0.4, 0.5) is 0 Å². The maximum absolute atomic E-state index is 9.14. The fraction of sp³-hybridized carbons (Fsp3) is 0.913. The fourth-order valence-corrected chi connectivity index (χ4v) is 4.21. The summed E-state index contributed by atoms with van der Waals surface area (Å²) in [4.78, 5) is 21.6. The fourth-order valence-electron chi connectivity index (χ4n) is 3.24. The highest BCUT2D eigenvalue weighted by Crippen LogP contribution is 2.25. The quantitative estimate of drug-likeness (QED) is 0.0828. The zero-order chi connectivity index (χ0) is 23.6. The van der Waals surface area contributed by atoms with Gasteiger partial charge in [0.2, 0.25) is 0 Å². The molecule has 0 bridgehead atoms. The molecule has 0 saturated carbocycles. The lowest BCUT2D eigenvalue weighted by Crippen LogP contribution is -1.96. The van der Waals surface area contributed by atoms with Crippen LogP contribution in [0.1, 0.15) is 110 Å². The summed E-state index contributed by atoms with van der Waals surface area (Å²) in [6, 6.07) is 0. The number of thioether (sulfide) groups is 1. The van der Waals surface area contributed by atoms with Crippen LogP contribution >= 0.6 is 19.6 Å². The molecular formula is C23H49O6PS. The SMILES string of the molecule is CCCCCCCCCCCCCCCCCCSC/C(=C\OC)CO.O=P(O)(O)O. The van der Waals surface area contributed by atoms with E-state index < -0.39 is 7.82 Å². The van der Waals surface area contributed by atoms with E-state index >= 15 is 0 Å². The van der Waals surface area contributed by atoms with Crippen molar-refractivity contribution in [3.8, 4) is 0 Å². The summed E-state index contributed by atoms with van der Waals surface area (Å²) in [5, 5.41) is 9.14. The molecule has 0 saturated heterocycles.